The molecule has 0 saturated carbocycles. The van der Waals surface area contributed by atoms with Gasteiger partial charge in [-0.3, -0.25) is 0 Å². The van der Waals surface area contributed by atoms with E-state index in [0.717, 1.165) is 19.5 Å². The molecule has 2 N–H and O–H groups in total. The molecule has 5 heteroatoms. The number of hydrogen-bond acceptors (Lipinski definition) is 4. The molecular weight excluding hydrogens is 246 g/mol. The monoisotopic (exact) mass is 267 g/mol. The van der Waals surface area contributed by atoms with Gasteiger partial charge in [-0.25, -0.2) is 4.79 Å². The molecule has 0 heterocycles. The maximum absolute atomic E-state index is 10.8. The van der Waals surface area contributed by atoms with E-state index in [4.69, 9.17) is 9.84 Å². The number of likely N-dealkylation sites (N-methyl/N-ethyl adjacent to an activating group) is 1. The van der Waals surface area contributed by atoms with Crippen molar-refractivity contribution in [2.45, 2.75) is 19.4 Å². The number of nitrogens with zero attached hydrogens (tertiary/aromatic N) is 1. The number of ether oxygens (including phenoxy) is 1. The predicted octanol–water partition coefficient (Wildman–Crippen LogP) is 1.47. The van der Waals surface area contributed by atoms with E-state index in [1.54, 1.807) is 19.1 Å². The van der Waals surface area contributed by atoms with Gasteiger partial charge in [0, 0.05) is 13.1 Å². The topological polar surface area (TPSA) is 70.0 Å². The van der Waals surface area contributed by atoms with Crippen LogP contribution in [0, 0.1) is 0 Å². The van der Waals surface area contributed by atoms with Crippen LogP contribution in [0.25, 0.3) is 0 Å². The number of aliphatic hydroxyl groups is 1. The lowest BCUT2D eigenvalue weighted by atomic mass is 10.2. The summed E-state index contributed by atoms with van der Waals surface area (Å²) in [7, 11) is 1.96. The van der Waals surface area contributed by atoms with E-state index in [-0.39, 0.29) is 11.7 Å². The van der Waals surface area contributed by atoms with Crippen molar-refractivity contribution in [2.24, 2.45) is 0 Å². The normalized spacial score (nSPS) is 12.4. The minimum absolute atomic E-state index is 0.222. The molecule has 0 fully saturated rings. The molecule has 0 bridgehead atoms. The van der Waals surface area contributed by atoms with Crippen LogP contribution in [0.3, 0.4) is 0 Å². The molecule has 19 heavy (non-hydrogen) atoms. The van der Waals surface area contributed by atoms with Crippen LogP contribution < -0.4 is 4.74 Å². The van der Waals surface area contributed by atoms with Crippen LogP contribution in [0.1, 0.15) is 23.7 Å². The Balaban J connectivity index is 2.32. The van der Waals surface area contributed by atoms with Crippen LogP contribution >= 0.6 is 0 Å². The summed E-state index contributed by atoms with van der Waals surface area (Å²) < 4.78 is 5.51. The van der Waals surface area contributed by atoms with Gasteiger partial charge >= 0.3 is 5.97 Å². The van der Waals surface area contributed by atoms with Gasteiger partial charge in [0.1, 0.15) is 12.4 Å². The first kappa shape index (κ1) is 15.5. The lowest BCUT2D eigenvalue weighted by Crippen LogP contribution is -2.27. The summed E-state index contributed by atoms with van der Waals surface area (Å²) >= 11 is 0. The standard InChI is InChI=1S/C14H21NO4/c1-11(16)6-7-15(2)8-9-19-13-5-3-4-12(10-13)14(17)18/h3-5,10-11,16H,6-9H2,1-2H3,(H,17,18). The van der Waals surface area contributed by atoms with Crippen molar-refractivity contribution in [3.8, 4) is 5.75 Å². The first-order chi connectivity index (χ1) is 8.99. The molecule has 0 amide bonds. The van der Waals surface area contributed by atoms with Gasteiger partial charge in [0.2, 0.25) is 0 Å². The zero-order chi connectivity index (χ0) is 14.3. The highest BCUT2D eigenvalue weighted by molar-refractivity contribution is 5.87. The van der Waals surface area contributed by atoms with Crippen LogP contribution in [-0.4, -0.2) is 53.9 Å². The van der Waals surface area contributed by atoms with Crippen molar-refractivity contribution in [3.63, 3.8) is 0 Å². The van der Waals surface area contributed by atoms with E-state index in [1.165, 1.54) is 12.1 Å². The molecule has 1 aromatic rings. The number of carboxylic acid groups (broad SMARTS) is 1. The number of aromatic carboxylic acids is 1. The van der Waals surface area contributed by atoms with Gasteiger partial charge in [0.05, 0.1) is 11.7 Å². The average Bonchev–Trinajstić information content (AvgIpc) is 2.36. The van der Waals surface area contributed by atoms with E-state index in [0.29, 0.717) is 12.4 Å². The Morgan fingerprint density at radius 2 is 2.16 bits per heavy atom. The second kappa shape index (κ2) is 7.76. The smallest absolute Gasteiger partial charge is 0.335 e. The molecule has 0 saturated heterocycles. The molecule has 0 aliphatic heterocycles. The third kappa shape index (κ3) is 6.22. The maximum atomic E-state index is 10.8. The summed E-state index contributed by atoms with van der Waals surface area (Å²) in [5.41, 5.74) is 0.222. The molecule has 0 spiro atoms. The molecule has 0 aromatic heterocycles. The Labute approximate surface area is 113 Å². The third-order valence-electron chi connectivity index (χ3n) is 2.75. The minimum atomic E-state index is -0.959. The highest BCUT2D eigenvalue weighted by atomic mass is 16.5. The van der Waals surface area contributed by atoms with Gasteiger partial charge in [0.25, 0.3) is 0 Å². The summed E-state index contributed by atoms with van der Waals surface area (Å²) in [6.07, 6.45) is 0.431. The highest BCUT2D eigenvalue weighted by Crippen LogP contribution is 2.13. The fraction of sp³-hybridized carbons (Fsp3) is 0.500. The van der Waals surface area contributed by atoms with E-state index in [1.807, 2.05) is 7.05 Å². The minimum Gasteiger partial charge on any atom is -0.492 e. The van der Waals surface area contributed by atoms with Crippen LogP contribution in [0.15, 0.2) is 24.3 Å². The Hall–Kier alpha value is -1.59. The van der Waals surface area contributed by atoms with E-state index < -0.39 is 5.97 Å². The molecule has 1 atom stereocenters. The molecule has 1 unspecified atom stereocenters. The van der Waals surface area contributed by atoms with Crippen molar-refractivity contribution in [1.82, 2.24) is 4.90 Å². The maximum Gasteiger partial charge on any atom is 0.335 e. The summed E-state index contributed by atoms with van der Waals surface area (Å²) in [5.74, 6) is -0.400. The SMILES string of the molecule is CC(O)CCN(C)CCOc1cccc(C(=O)O)c1. The Morgan fingerprint density at radius 1 is 1.42 bits per heavy atom. The van der Waals surface area contributed by atoms with Gasteiger partial charge in [0.15, 0.2) is 0 Å². The summed E-state index contributed by atoms with van der Waals surface area (Å²) in [4.78, 5) is 12.9. The largest absolute Gasteiger partial charge is 0.492 e. The van der Waals surface area contributed by atoms with Crippen molar-refractivity contribution < 1.29 is 19.7 Å². The Kier molecular flexibility index (Phi) is 6.32. The zero-order valence-electron chi connectivity index (χ0n) is 11.4. The van der Waals surface area contributed by atoms with Gasteiger partial charge in [-0.2, -0.15) is 0 Å². The fourth-order valence-electron chi connectivity index (χ4n) is 1.56. The molecule has 106 valence electrons. The molecule has 0 aliphatic rings. The number of hydrogen-bond donors (Lipinski definition) is 2. The average molecular weight is 267 g/mol. The molecular formula is C14H21NO4. The highest BCUT2D eigenvalue weighted by Gasteiger charge is 2.05. The van der Waals surface area contributed by atoms with E-state index >= 15 is 0 Å². The summed E-state index contributed by atoms with van der Waals surface area (Å²) in [6.45, 7) is 3.78. The van der Waals surface area contributed by atoms with Crippen molar-refractivity contribution in [1.29, 1.82) is 0 Å². The Morgan fingerprint density at radius 3 is 2.79 bits per heavy atom. The number of rotatable bonds is 8. The summed E-state index contributed by atoms with van der Waals surface area (Å²) in [6, 6.07) is 6.44. The van der Waals surface area contributed by atoms with Crippen LogP contribution in [0.2, 0.25) is 0 Å². The second-order valence-electron chi connectivity index (χ2n) is 4.62. The summed E-state index contributed by atoms with van der Waals surface area (Å²) in [5, 5.41) is 18.0. The van der Waals surface area contributed by atoms with E-state index in [2.05, 4.69) is 4.90 Å². The van der Waals surface area contributed by atoms with Crippen LogP contribution in [0.5, 0.6) is 5.75 Å². The lowest BCUT2D eigenvalue weighted by Gasteiger charge is -2.17. The van der Waals surface area contributed by atoms with Crippen molar-refractivity contribution >= 4 is 5.97 Å². The van der Waals surface area contributed by atoms with Gasteiger partial charge in [-0.15, -0.1) is 0 Å². The quantitative estimate of drug-likeness (QED) is 0.746. The fourth-order valence-corrected chi connectivity index (χ4v) is 1.56. The first-order valence-electron chi connectivity index (χ1n) is 6.32. The van der Waals surface area contributed by atoms with Crippen LogP contribution in [0.4, 0.5) is 0 Å². The van der Waals surface area contributed by atoms with Gasteiger partial charge in [-0.05, 0) is 38.6 Å². The number of aliphatic hydroxyl groups excluding tert-OH is 1. The molecule has 1 rings (SSSR count). The first-order valence-corrected chi connectivity index (χ1v) is 6.32. The lowest BCUT2D eigenvalue weighted by molar-refractivity contribution is 0.0696. The van der Waals surface area contributed by atoms with Gasteiger partial charge in [-0.1, -0.05) is 6.07 Å². The molecule has 1 aromatic carbocycles. The second-order valence-corrected chi connectivity index (χ2v) is 4.62. The number of carbonyl (C=O) groups is 1. The molecule has 0 aliphatic carbocycles. The zero-order valence-corrected chi connectivity index (χ0v) is 11.4. The molecule has 5 nitrogen and oxygen atoms in total. The predicted molar refractivity (Wildman–Crippen MR) is 72.7 cm³/mol. The van der Waals surface area contributed by atoms with Gasteiger partial charge < -0.3 is 19.8 Å². The van der Waals surface area contributed by atoms with Crippen LogP contribution in [-0.2, 0) is 0 Å². The number of carboxylic acids is 1. The number of benzene rings is 1. The van der Waals surface area contributed by atoms with Crippen molar-refractivity contribution in [2.75, 3.05) is 26.7 Å². The third-order valence-corrected chi connectivity index (χ3v) is 2.75. The Bertz CT molecular complexity index is 406. The van der Waals surface area contributed by atoms with Crippen molar-refractivity contribution in [3.05, 3.63) is 29.8 Å². The van der Waals surface area contributed by atoms with E-state index in [9.17, 15) is 9.90 Å². The molecule has 0 radical (unpaired) electrons.